The summed E-state index contributed by atoms with van der Waals surface area (Å²) < 4.78 is 5.27. The van der Waals surface area contributed by atoms with Crippen LogP contribution in [-0.4, -0.2) is 39.2 Å². The van der Waals surface area contributed by atoms with Crippen molar-refractivity contribution in [2.75, 3.05) is 32.1 Å². The van der Waals surface area contributed by atoms with Crippen LogP contribution in [0.5, 0.6) is 5.75 Å². The van der Waals surface area contributed by atoms with Crippen LogP contribution in [0.4, 0.5) is 5.69 Å². The second-order valence-corrected chi connectivity index (χ2v) is 6.58. The number of anilines is 1. The molecule has 1 atom stereocenters. The lowest BCUT2D eigenvalue weighted by Gasteiger charge is -2.28. The van der Waals surface area contributed by atoms with Gasteiger partial charge in [0.05, 0.1) is 7.11 Å². The van der Waals surface area contributed by atoms with Gasteiger partial charge in [-0.05, 0) is 42.7 Å². The molecule has 0 fully saturated rings. The number of guanidine groups is 1. The number of ether oxygens (including phenoxy) is 1. The molecule has 0 saturated carbocycles. The lowest BCUT2D eigenvalue weighted by Crippen LogP contribution is -2.45. The zero-order valence-electron chi connectivity index (χ0n) is 15.8. The van der Waals surface area contributed by atoms with Crippen LogP contribution >= 0.6 is 0 Å². The van der Waals surface area contributed by atoms with Gasteiger partial charge < -0.3 is 20.3 Å². The lowest BCUT2D eigenvalue weighted by molar-refractivity contribution is 0.414. The number of methoxy groups -OCH3 is 1. The maximum Gasteiger partial charge on any atom is 0.191 e. The molecular formula is C21H28N4O. The van der Waals surface area contributed by atoms with Crippen molar-refractivity contribution in [3.8, 4) is 5.75 Å². The number of aliphatic imine (C=N–C) groups is 1. The van der Waals surface area contributed by atoms with Crippen molar-refractivity contribution >= 4 is 11.6 Å². The molecule has 0 saturated heterocycles. The largest absolute Gasteiger partial charge is 0.497 e. The number of para-hydroxylation sites is 1. The molecule has 0 bridgehead atoms. The molecule has 3 rings (SSSR count). The van der Waals surface area contributed by atoms with E-state index in [-0.39, 0.29) is 0 Å². The van der Waals surface area contributed by atoms with Gasteiger partial charge in [0.1, 0.15) is 5.75 Å². The molecule has 5 heteroatoms. The predicted octanol–water partition coefficient (Wildman–Crippen LogP) is 2.81. The Labute approximate surface area is 156 Å². The van der Waals surface area contributed by atoms with E-state index in [1.54, 1.807) is 14.2 Å². The van der Waals surface area contributed by atoms with Crippen molar-refractivity contribution in [2.24, 2.45) is 4.99 Å². The molecule has 1 aliphatic heterocycles. The van der Waals surface area contributed by atoms with E-state index in [0.717, 1.165) is 36.8 Å². The zero-order valence-corrected chi connectivity index (χ0v) is 15.8. The van der Waals surface area contributed by atoms with Gasteiger partial charge in [-0.1, -0.05) is 30.3 Å². The number of hydrogen-bond acceptors (Lipinski definition) is 3. The van der Waals surface area contributed by atoms with E-state index >= 15 is 0 Å². The first kappa shape index (κ1) is 18.1. The van der Waals surface area contributed by atoms with E-state index in [4.69, 9.17) is 4.74 Å². The molecule has 5 nitrogen and oxygen atoms in total. The topological polar surface area (TPSA) is 48.9 Å². The van der Waals surface area contributed by atoms with Crippen LogP contribution in [0.25, 0.3) is 0 Å². The Hall–Kier alpha value is -2.69. The van der Waals surface area contributed by atoms with Crippen molar-refractivity contribution in [2.45, 2.75) is 25.9 Å². The van der Waals surface area contributed by atoms with Crippen LogP contribution in [0, 0.1) is 0 Å². The van der Waals surface area contributed by atoms with Gasteiger partial charge >= 0.3 is 0 Å². The van der Waals surface area contributed by atoms with Crippen molar-refractivity contribution in [3.63, 3.8) is 0 Å². The maximum atomic E-state index is 5.27. The number of rotatable bonds is 6. The fourth-order valence-electron chi connectivity index (χ4n) is 3.36. The van der Waals surface area contributed by atoms with Crippen molar-refractivity contribution in [3.05, 3.63) is 59.7 Å². The minimum absolute atomic E-state index is 0.397. The van der Waals surface area contributed by atoms with E-state index in [0.29, 0.717) is 12.6 Å². The fourth-order valence-corrected chi connectivity index (χ4v) is 3.36. The van der Waals surface area contributed by atoms with Crippen molar-refractivity contribution in [1.29, 1.82) is 0 Å². The van der Waals surface area contributed by atoms with E-state index in [9.17, 15) is 0 Å². The summed E-state index contributed by atoms with van der Waals surface area (Å²) in [5.41, 5.74) is 3.97. The third-order valence-electron chi connectivity index (χ3n) is 4.84. The zero-order chi connectivity index (χ0) is 18.4. The van der Waals surface area contributed by atoms with Crippen molar-refractivity contribution in [1.82, 2.24) is 10.6 Å². The Morgan fingerprint density at radius 3 is 2.85 bits per heavy atom. The second kappa shape index (κ2) is 8.61. The molecular weight excluding hydrogens is 324 g/mol. The molecule has 1 aliphatic rings. The quantitative estimate of drug-likeness (QED) is 0.620. The highest BCUT2D eigenvalue weighted by Gasteiger charge is 2.22. The Balaban J connectivity index is 1.51. The Bertz CT molecular complexity index is 759. The van der Waals surface area contributed by atoms with Crippen LogP contribution in [0.3, 0.4) is 0 Å². The highest BCUT2D eigenvalue weighted by Crippen LogP contribution is 2.28. The lowest BCUT2D eigenvalue weighted by atomic mass is 10.2. The molecule has 1 heterocycles. The predicted molar refractivity (Wildman–Crippen MR) is 108 cm³/mol. The Morgan fingerprint density at radius 2 is 2.04 bits per heavy atom. The summed E-state index contributed by atoms with van der Waals surface area (Å²) in [5.74, 6) is 1.68. The summed E-state index contributed by atoms with van der Waals surface area (Å²) in [6.45, 7) is 4.88. The number of hydrogen-bond donors (Lipinski definition) is 2. The second-order valence-electron chi connectivity index (χ2n) is 6.58. The average molecular weight is 352 g/mol. The molecule has 0 radical (unpaired) electrons. The van der Waals surface area contributed by atoms with Gasteiger partial charge in [-0.25, -0.2) is 0 Å². The minimum Gasteiger partial charge on any atom is -0.497 e. The fraction of sp³-hybridized carbons (Fsp3) is 0.381. The summed E-state index contributed by atoms with van der Waals surface area (Å²) in [6.07, 6.45) is 1.13. The van der Waals surface area contributed by atoms with Crippen LogP contribution in [0.2, 0.25) is 0 Å². The maximum absolute atomic E-state index is 5.27. The molecule has 0 aliphatic carbocycles. The van der Waals surface area contributed by atoms with E-state index in [2.05, 4.69) is 57.8 Å². The van der Waals surface area contributed by atoms with E-state index in [1.807, 2.05) is 18.2 Å². The molecule has 0 amide bonds. The van der Waals surface area contributed by atoms with E-state index < -0.39 is 0 Å². The standard InChI is InChI=1S/C21H28N4O/c1-16(25-12-11-18-8-4-5-10-20(18)25)14-23-21(22-2)24-15-17-7-6-9-19(13-17)26-3/h4-10,13,16H,11-12,14-15H2,1-3H3,(H2,22,23,24). The van der Waals surface area contributed by atoms with Crippen LogP contribution in [0.1, 0.15) is 18.1 Å². The van der Waals surface area contributed by atoms with Crippen LogP contribution in [-0.2, 0) is 13.0 Å². The van der Waals surface area contributed by atoms with Gasteiger partial charge in [-0.15, -0.1) is 0 Å². The monoisotopic (exact) mass is 352 g/mol. The minimum atomic E-state index is 0.397. The van der Waals surface area contributed by atoms with Crippen LogP contribution in [0.15, 0.2) is 53.5 Å². The molecule has 1 unspecified atom stereocenters. The third-order valence-corrected chi connectivity index (χ3v) is 4.84. The molecule has 0 aromatic heterocycles. The highest BCUT2D eigenvalue weighted by atomic mass is 16.5. The number of benzene rings is 2. The summed E-state index contributed by atoms with van der Waals surface area (Å²) in [6, 6.07) is 17.1. The van der Waals surface area contributed by atoms with Gasteiger partial charge in [0, 0.05) is 38.4 Å². The Kier molecular flexibility index (Phi) is 6.00. The smallest absolute Gasteiger partial charge is 0.191 e. The molecule has 2 N–H and O–H groups in total. The molecule has 0 spiro atoms. The van der Waals surface area contributed by atoms with Crippen molar-refractivity contribution < 1.29 is 4.74 Å². The van der Waals surface area contributed by atoms with Gasteiger partial charge in [0.15, 0.2) is 5.96 Å². The SMILES string of the molecule is CN=C(NCc1cccc(OC)c1)NCC(C)N1CCc2ccccc21. The molecule has 26 heavy (non-hydrogen) atoms. The van der Waals surface area contributed by atoms with Gasteiger partial charge in [-0.3, -0.25) is 4.99 Å². The highest BCUT2D eigenvalue weighted by molar-refractivity contribution is 5.79. The number of nitrogens with zero attached hydrogens (tertiary/aromatic N) is 2. The summed E-state index contributed by atoms with van der Waals surface area (Å²) in [5, 5.41) is 6.81. The molecule has 2 aromatic carbocycles. The van der Waals surface area contributed by atoms with Gasteiger partial charge in [-0.2, -0.15) is 0 Å². The van der Waals surface area contributed by atoms with Crippen LogP contribution < -0.4 is 20.3 Å². The summed E-state index contributed by atoms with van der Waals surface area (Å²) in [4.78, 5) is 6.80. The molecule has 138 valence electrons. The number of fused-ring (bicyclic) bond motifs is 1. The Morgan fingerprint density at radius 1 is 1.19 bits per heavy atom. The summed E-state index contributed by atoms with van der Waals surface area (Å²) in [7, 11) is 3.49. The first-order chi connectivity index (χ1) is 12.7. The first-order valence-corrected chi connectivity index (χ1v) is 9.13. The number of nitrogens with one attached hydrogen (secondary N) is 2. The first-order valence-electron chi connectivity index (χ1n) is 9.13. The normalized spacial score (nSPS) is 14.7. The molecule has 2 aromatic rings. The third kappa shape index (κ3) is 4.28. The van der Waals surface area contributed by atoms with E-state index in [1.165, 1.54) is 11.3 Å². The summed E-state index contributed by atoms with van der Waals surface area (Å²) >= 11 is 0. The van der Waals surface area contributed by atoms with Gasteiger partial charge in [0.25, 0.3) is 0 Å². The average Bonchev–Trinajstić information content (AvgIpc) is 3.12. The van der Waals surface area contributed by atoms with Gasteiger partial charge in [0.2, 0.25) is 0 Å².